The molecule has 2 amide bonds. The Morgan fingerprint density at radius 2 is 1.88 bits per heavy atom. The molecular weight excluding hydrogens is 404 g/mol. The van der Waals surface area contributed by atoms with Crippen LogP contribution in [-0.4, -0.2) is 34.8 Å². The van der Waals surface area contributed by atoms with Gasteiger partial charge >= 0.3 is 5.97 Å². The minimum Gasteiger partial charge on any atom is -0.458 e. The Labute approximate surface area is 188 Å². The summed E-state index contributed by atoms with van der Waals surface area (Å²) in [5, 5.41) is 2.89. The first kappa shape index (κ1) is 22.1. The molecule has 6 heteroatoms. The van der Waals surface area contributed by atoms with Crippen LogP contribution in [0.2, 0.25) is 0 Å². The van der Waals surface area contributed by atoms with E-state index >= 15 is 0 Å². The molecule has 0 aromatic heterocycles. The highest BCUT2D eigenvalue weighted by molar-refractivity contribution is 6.05. The second kappa shape index (κ2) is 8.41. The maximum atomic E-state index is 13.5. The summed E-state index contributed by atoms with van der Waals surface area (Å²) in [4.78, 5) is 40.9. The van der Waals surface area contributed by atoms with Crippen molar-refractivity contribution in [3.8, 4) is 0 Å². The topological polar surface area (TPSA) is 75.7 Å². The SMILES string of the molecule is CCc1ccc2c(c1)C(CC(=O)N1CCc3ccccc3C1C(=O)OC(C)(C)C)C(=O)N2. The maximum absolute atomic E-state index is 13.5. The molecular formula is C26H30N2O4. The van der Waals surface area contributed by atoms with Crippen LogP contribution in [0.1, 0.15) is 68.3 Å². The highest BCUT2D eigenvalue weighted by Gasteiger charge is 2.41. The van der Waals surface area contributed by atoms with Gasteiger partial charge in [0.15, 0.2) is 6.04 Å². The number of hydrogen-bond donors (Lipinski definition) is 1. The van der Waals surface area contributed by atoms with E-state index in [0.29, 0.717) is 13.0 Å². The summed E-state index contributed by atoms with van der Waals surface area (Å²) in [6.07, 6.45) is 1.54. The molecule has 1 N–H and O–H groups in total. The molecule has 0 bridgehead atoms. The third kappa shape index (κ3) is 4.27. The minimum atomic E-state index is -0.808. The second-order valence-electron chi connectivity index (χ2n) is 9.49. The van der Waals surface area contributed by atoms with Crippen molar-refractivity contribution in [2.24, 2.45) is 0 Å². The minimum absolute atomic E-state index is 0.0213. The van der Waals surface area contributed by atoms with Crippen LogP contribution in [0.25, 0.3) is 0 Å². The monoisotopic (exact) mass is 434 g/mol. The first-order valence-electron chi connectivity index (χ1n) is 11.2. The standard InChI is InChI=1S/C26H30N2O4/c1-5-16-10-11-21-19(14-16)20(24(30)27-21)15-22(29)28-13-12-17-8-6-7-9-18(17)23(28)25(31)32-26(2,3)4/h6-11,14,20,23H,5,12-13,15H2,1-4H3,(H,27,30). The molecule has 0 spiro atoms. The molecule has 2 aliphatic rings. The molecule has 0 saturated heterocycles. The zero-order valence-corrected chi connectivity index (χ0v) is 19.1. The average Bonchev–Trinajstić information content (AvgIpc) is 3.05. The molecule has 2 aliphatic heterocycles. The smallest absolute Gasteiger partial charge is 0.334 e. The van der Waals surface area contributed by atoms with Gasteiger partial charge in [0.1, 0.15) is 5.60 Å². The van der Waals surface area contributed by atoms with Gasteiger partial charge in [-0.25, -0.2) is 4.79 Å². The van der Waals surface area contributed by atoms with Crippen LogP contribution >= 0.6 is 0 Å². The lowest BCUT2D eigenvalue weighted by Gasteiger charge is -2.37. The van der Waals surface area contributed by atoms with Gasteiger partial charge in [0.25, 0.3) is 0 Å². The third-order valence-electron chi connectivity index (χ3n) is 6.09. The Bertz CT molecular complexity index is 1070. The van der Waals surface area contributed by atoms with Gasteiger partial charge < -0.3 is 15.0 Å². The fraction of sp³-hybridized carbons (Fsp3) is 0.423. The summed E-state index contributed by atoms with van der Waals surface area (Å²) in [6.45, 7) is 7.92. The second-order valence-corrected chi connectivity index (χ2v) is 9.49. The van der Waals surface area contributed by atoms with Crippen molar-refractivity contribution in [3.63, 3.8) is 0 Å². The van der Waals surface area contributed by atoms with Crippen molar-refractivity contribution < 1.29 is 19.1 Å². The fourth-order valence-electron chi connectivity index (χ4n) is 4.54. The lowest BCUT2D eigenvalue weighted by molar-refractivity contribution is -0.166. The van der Waals surface area contributed by atoms with Crippen LogP contribution in [-0.2, 0) is 32.0 Å². The number of esters is 1. The zero-order valence-electron chi connectivity index (χ0n) is 19.1. The van der Waals surface area contributed by atoms with E-state index in [0.717, 1.165) is 34.4 Å². The molecule has 6 nitrogen and oxygen atoms in total. The number of carbonyl (C=O) groups excluding carboxylic acids is 3. The molecule has 0 aliphatic carbocycles. The van der Waals surface area contributed by atoms with Crippen molar-refractivity contribution in [1.29, 1.82) is 0 Å². The molecule has 2 aromatic rings. The number of nitrogens with one attached hydrogen (secondary N) is 1. The number of hydrogen-bond acceptors (Lipinski definition) is 4. The number of ether oxygens (including phenoxy) is 1. The van der Waals surface area contributed by atoms with E-state index < -0.39 is 23.5 Å². The highest BCUT2D eigenvalue weighted by Crippen LogP contribution is 2.38. The quantitative estimate of drug-likeness (QED) is 0.734. The normalized spacial score (nSPS) is 19.8. The summed E-state index contributed by atoms with van der Waals surface area (Å²) in [5.41, 5.74) is 3.91. The van der Waals surface area contributed by atoms with E-state index in [-0.39, 0.29) is 18.2 Å². The first-order chi connectivity index (χ1) is 15.2. The molecule has 2 unspecified atom stereocenters. The Hall–Kier alpha value is -3.15. The lowest BCUT2D eigenvalue weighted by Crippen LogP contribution is -2.46. The van der Waals surface area contributed by atoms with E-state index in [9.17, 15) is 14.4 Å². The van der Waals surface area contributed by atoms with Gasteiger partial charge in [0, 0.05) is 18.7 Å². The predicted molar refractivity (Wildman–Crippen MR) is 122 cm³/mol. The van der Waals surface area contributed by atoms with E-state index in [4.69, 9.17) is 4.74 Å². The van der Waals surface area contributed by atoms with Gasteiger partial charge in [0.05, 0.1) is 5.92 Å². The fourth-order valence-corrected chi connectivity index (χ4v) is 4.54. The van der Waals surface area contributed by atoms with Gasteiger partial charge in [-0.05, 0) is 61.9 Å². The van der Waals surface area contributed by atoms with Crippen molar-refractivity contribution >= 4 is 23.5 Å². The average molecular weight is 435 g/mol. The molecule has 2 atom stereocenters. The molecule has 32 heavy (non-hydrogen) atoms. The van der Waals surface area contributed by atoms with Crippen LogP contribution in [0.5, 0.6) is 0 Å². The number of fused-ring (bicyclic) bond motifs is 2. The van der Waals surface area contributed by atoms with E-state index in [1.165, 1.54) is 0 Å². The number of rotatable bonds is 4. The Balaban J connectivity index is 1.63. The maximum Gasteiger partial charge on any atom is 0.334 e. The number of nitrogens with zero attached hydrogens (tertiary/aromatic N) is 1. The van der Waals surface area contributed by atoms with E-state index in [1.54, 1.807) is 4.90 Å². The van der Waals surface area contributed by atoms with Crippen LogP contribution in [0.15, 0.2) is 42.5 Å². The number of amides is 2. The predicted octanol–water partition coefficient (Wildman–Crippen LogP) is 4.14. The zero-order chi connectivity index (χ0) is 23.0. The number of benzene rings is 2. The Kier molecular flexibility index (Phi) is 5.80. The summed E-state index contributed by atoms with van der Waals surface area (Å²) in [6, 6.07) is 12.8. The molecule has 0 radical (unpaired) electrons. The van der Waals surface area contributed by atoms with Gasteiger partial charge in [-0.3, -0.25) is 9.59 Å². The number of carbonyl (C=O) groups is 3. The van der Waals surface area contributed by atoms with Crippen molar-refractivity contribution in [2.45, 2.75) is 64.5 Å². The first-order valence-corrected chi connectivity index (χ1v) is 11.2. The summed E-state index contributed by atoms with van der Waals surface area (Å²) >= 11 is 0. The summed E-state index contributed by atoms with van der Waals surface area (Å²) in [7, 11) is 0. The lowest BCUT2D eigenvalue weighted by atomic mass is 9.90. The number of anilines is 1. The molecule has 2 aromatic carbocycles. The summed E-state index contributed by atoms with van der Waals surface area (Å²) < 4.78 is 5.68. The molecule has 0 saturated carbocycles. The third-order valence-corrected chi connectivity index (χ3v) is 6.09. The molecule has 2 heterocycles. The van der Waals surface area contributed by atoms with Crippen molar-refractivity contribution in [3.05, 3.63) is 64.7 Å². The molecule has 4 rings (SSSR count). The number of aryl methyl sites for hydroxylation is 1. The highest BCUT2D eigenvalue weighted by atomic mass is 16.6. The molecule has 0 fully saturated rings. The largest absolute Gasteiger partial charge is 0.458 e. The van der Waals surface area contributed by atoms with Gasteiger partial charge in [-0.1, -0.05) is 43.3 Å². The van der Waals surface area contributed by atoms with Crippen molar-refractivity contribution in [2.75, 3.05) is 11.9 Å². The van der Waals surface area contributed by atoms with Gasteiger partial charge in [-0.15, -0.1) is 0 Å². The Morgan fingerprint density at radius 1 is 1.12 bits per heavy atom. The van der Waals surface area contributed by atoms with Gasteiger partial charge in [0.2, 0.25) is 11.8 Å². The van der Waals surface area contributed by atoms with E-state index in [1.807, 2.05) is 63.2 Å². The molecule has 168 valence electrons. The van der Waals surface area contributed by atoms with Crippen LogP contribution in [0, 0.1) is 0 Å². The Morgan fingerprint density at radius 3 is 2.59 bits per heavy atom. The van der Waals surface area contributed by atoms with Gasteiger partial charge in [-0.2, -0.15) is 0 Å². The van der Waals surface area contributed by atoms with E-state index in [2.05, 4.69) is 12.2 Å². The van der Waals surface area contributed by atoms with Crippen LogP contribution < -0.4 is 5.32 Å². The van der Waals surface area contributed by atoms with Crippen molar-refractivity contribution in [1.82, 2.24) is 4.90 Å². The van der Waals surface area contributed by atoms with Crippen LogP contribution in [0.4, 0.5) is 5.69 Å². The van der Waals surface area contributed by atoms with Crippen LogP contribution in [0.3, 0.4) is 0 Å². The summed E-state index contributed by atoms with van der Waals surface area (Å²) in [5.74, 6) is -1.39.